The van der Waals surface area contributed by atoms with Gasteiger partial charge in [0.2, 0.25) is 0 Å². The van der Waals surface area contributed by atoms with Crippen LogP contribution in [0.4, 0.5) is 0 Å². The molecule has 11 heteroatoms. The van der Waals surface area contributed by atoms with Crippen LogP contribution in [0.15, 0.2) is 83.8 Å². The predicted octanol–water partition coefficient (Wildman–Crippen LogP) is 8.22. The van der Waals surface area contributed by atoms with Crippen molar-refractivity contribution >= 4 is 15.7 Å². The third-order valence-corrected chi connectivity index (χ3v) is 14.3. The molecule has 3 heterocycles. The van der Waals surface area contributed by atoms with Gasteiger partial charge in [0.1, 0.15) is 11.4 Å². The molecular weight excluding hydrogens is 785 g/mol. The summed E-state index contributed by atoms with van der Waals surface area (Å²) in [6, 6.07) is 26.4. The van der Waals surface area contributed by atoms with Gasteiger partial charge in [-0.1, -0.05) is 36.4 Å². The van der Waals surface area contributed by atoms with Crippen molar-refractivity contribution in [1.82, 2.24) is 20.0 Å². The number of methoxy groups -OCH3 is 2. The molecule has 0 radical (unpaired) electrons. The van der Waals surface area contributed by atoms with Crippen molar-refractivity contribution < 1.29 is 27.4 Å². The number of hydrogen-bond acceptors (Lipinski definition) is 9. The van der Waals surface area contributed by atoms with Crippen LogP contribution < -0.4 is 19.5 Å². The Morgan fingerprint density at radius 3 is 2.21 bits per heavy atom. The number of rotatable bonds is 15. The number of nitrogens with one attached hydrogen (secondary N) is 1. The van der Waals surface area contributed by atoms with Gasteiger partial charge in [-0.3, -0.25) is 14.6 Å². The zero-order valence-corrected chi connectivity index (χ0v) is 38.6. The Labute approximate surface area is 364 Å². The van der Waals surface area contributed by atoms with E-state index in [0.29, 0.717) is 30.3 Å². The number of sulfone groups is 1. The first-order valence-corrected chi connectivity index (χ1v) is 23.7. The van der Waals surface area contributed by atoms with Crippen molar-refractivity contribution in [3.8, 4) is 17.2 Å². The highest BCUT2D eigenvalue weighted by Crippen LogP contribution is 2.39. The predicted molar refractivity (Wildman–Crippen MR) is 242 cm³/mol. The summed E-state index contributed by atoms with van der Waals surface area (Å²) in [5.41, 5.74) is 7.14. The lowest BCUT2D eigenvalue weighted by molar-refractivity contribution is 0.0509. The van der Waals surface area contributed by atoms with Gasteiger partial charge in [-0.2, -0.15) is 0 Å². The van der Waals surface area contributed by atoms with Crippen LogP contribution in [-0.2, 0) is 48.9 Å². The maximum atomic E-state index is 14.6. The number of fused-ring (bicyclic) bond motifs is 2. The summed E-state index contributed by atoms with van der Waals surface area (Å²) in [4.78, 5) is 22.0. The monoisotopic (exact) mass is 850 g/mol. The van der Waals surface area contributed by atoms with E-state index < -0.39 is 9.84 Å². The number of carbonyl (C=O) groups excluding carboxylic acids is 1. The summed E-state index contributed by atoms with van der Waals surface area (Å²) in [5.74, 6) is 2.42. The van der Waals surface area contributed by atoms with Crippen LogP contribution in [0.5, 0.6) is 17.2 Å². The molecule has 0 aromatic heterocycles. The molecule has 1 fully saturated rings. The number of nitrogens with zero attached hydrogens (tertiary/aromatic N) is 3. The Balaban J connectivity index is 1.07. The molecule has 328 valence electrons. The van der Waals surface area contributed by atoms with Crippen LogP contribution in [0.3, 0.4) is 0 Å². The molecule has 4 aromatic rings. The Morgan fingerprint density at radius 1 is 0.754 bits per heavy atom. The fraction of sp³-hybridized carbons (Fsp3) is 0.500. The first kappa shape index (κ1) is 44.6. The third-order valence-electron chi connectivity index (χ3n) is 13.1. The number of carbonyl (C=O) groups is 1. The molecule has 3 aliphatic rings. The van der Waals surface area contributed by atoms with E-state index in [1.54, 1.807) is 20.3 Å². The average Bonchev–Trinajstić information content (AvgIpc) is 3.88. The van der Waals surface area contributed by atoms with Gasteiger partial charge >= 0.3 is 0 Å². The number of benzene rings is 4. The minimum absolute atomic E-state index is 0.0675. The molecule has 4 aromatic carbocycles. The zero-order valence-electron chi connectivity index (χ0n) is 37.8. The van der Waals surface area contributed by atoms with Crippen LogP contribution in [0.1, 0.15) is 105 Å². The average molecular weight is 851 g/mol. The van der Waals surface area contributed by atoms with E-state index in [4.69, 9.17) is 14.2 Å². The maximum absolute atomic E-state index is 14.6. The second-order valence-corrected chi connectivity index (χ2v) is 21.3. The molecule has 0 saturated carbocycles. The Hall–Kier alpha value is -4.42. The minimum Gasteiger partial charge on any atom is -0.497 e. The molecule has 0 bridgehead atoms. The van der Waals surface area contributed by atoms with Crippen molar-refractivity contribution in [3.05, 3.63) is 118 Å². The summed E-state index contributed by atoms with van der Waals surface area (Å²) in [6.07, 6.45) is 5.68. The number of amides is 1. The highest BCUT2D eigenvalue weighted by atomic mass is 32.2. The molecule has 61 heavy (non-hydrogen) atoms. The van der Waals surface area contributed by atoms with Crippen molar-refractivity contribution in [2.75, 3.05) is 40.1 Å². The largest absolute Gasteiger partial charge is 0.497 e. The molecule has 2 atom stereocenters. The fourth-order valence-corrected chi connectivity index (χ4v) is 10.1. The number of hydrogen-bond donors (Lipinski definition) is 1. The van der Waals surface area contributed by atoms with Gasteiger partial charge in [-0.15, -0.1) is 0 Å². The van der Waals surface area contributed by atoms with E-state index in [1.807, 2.05) is 57.2 Å². The zero-order chi connectivity index (χ0) is 43.7. The summed E-state index contributed by atoms with van der Waals surface area (Å²) >= 11 is 0. The first-order valence-electron chi connectivity index (χ1n) is 21.8. The van der Waals surface area contributed by atoms with E-state index in [0.717, 1.165) is 97.6 Å². The topological polar surface area (TPSA) is 101 Å². The Morgan fingerprint density at radius 2 is 1.48 bits per heavy atom. The van der Waals surface area contributed by atoms with Crippen molar-refractivity contribution in [2.45, 2.75) is 127 Å². The molecular formula is C50H66N4O6S. The lowest BCUT2D eigenvalue weighted by Gasteiger charge is -2.44. The smallest absolute Gasteiger partial charge is 0.254 e. The van der Waals surface area contributed by atoms with E-state index >= 15 is 0 Å². The Kier molecular flexibility index (Phi) is 13.0. The van der Waals surface area contributed by atoms with Crippen molar-refractivity contribution in [2.24, 2.45) is 0 Å². The van der Waals surface area contributed by atoms with Crippen LogP contribution in [0.25, 0.3) is 0 Å². The number of ether oxygens (including phenoxy) is 3. The summed E-state index contributed by atoms with van der Waals surface area (Å²) in [7, 11) is 0.0571. The highest BCUT2D eigenvalue weighted by Gasteiger charge is 2.40. The van der Waals surface area contributed by atoms with Crippen molar-refractivity contribution in [3.63, 3.8) is 0 Å². The van der Waals surface area contributed by atoms with Crippen LogP contribution in [0.2, 0.25) is 0 Å². The van der Waals surface area contributed by atoms with Crippen LogP contribution >= 0.6 is 0 Å². The third kappa shape index (κ3) is 10.4. The molecule has 1 amide bonds. The molecule has 0 spiro atoms. The van der Waals surface area contributed by atoms with E-state index in [-0.39, 0.29) is 28.6 Å². The fourth-order valence-electron chi connectivity index (χ4n) is 9.40. The molecule has 1 saturated heterocycles. The van der Waals surface area contributed by atoms with Crippen LogP contribution in [0, 0.1) is 0 Å². The van der Waals surface area contributed by atoms with E-state index in [2.05, 4.69) is 77.2 Å². The number of aryl methyl sites for hydroxylation is 2. The normalized spacial score (nSPS) is 18.4. The standard InChI is InChI=1S/C50H66N4O6S/c1-48(2,3)60-45-19-16-36(27-46(45)59-8)21-23-50(6,54-30-37-17-18-42(61(9,56)57)28-39(37)32-54)29-40-33-52(25-24-51-40)47(55)43-15-11-13-38-31-53(34-44(38)43)49(4,5)22-20-35-12-10-14-41(26-35)58-7/h10-19,26-28,40,51H,20-25,29-34H2,1-9H3. The second-order valence-electron chi connectivity index (χ2n) is 19.3. The molecule has 10 nitrogen and oxygen atoms in total. The molecule has 2 unspecified atom stereocenters. The summed E-state index contributed by atoms with van der Waals surface area (Å²) in [5, 5.41) is 3.79. The highest BCUT2D eigenvalue weighted by molar-refractivity contribution is 7.90. The van der Waals surface area contributed by atoms with Gasteiger partial charge in [0.15, 0.2) is 21.3 Å². The minimum atomic E-state index is -3.33. The lowest BCUT2D eigenvalue weighted by atomic mass is 9.84. The van der Waals surface area contributed by atoms with Crippen molar-refractivity contribution in [1.29, 1.82) is 0 Å². The lowest BCUT2D eigenvalue weighted by Crippen LogP contribution is -2.57. The first-order chi connectivity index (χ1) is 28.8. The molecule has 3 aliphatic heterocycles. The summed E-state index contributed by atoms with van der Waals surface area (Å²) in [6.45, 7) is 18.0. The van der Waals surface area contributed by atoms with Gasteiger partial charge in [0.25, 0.3) is 5.91 Å². The van der Waals surface area contributed by atoms with E-state index in [1.165, 1.54) is 17.4 Å². The van der Waals surface area contributed by atoms with Gasteiger partial charge < -0.3 is 24.4 Å². The molecule has 0 aliphatic carbocycles. The van der Waals surface area contributed by atoms with Crippen LogP contribution in [-0.4, -0.2) is 91.9 Å². The van der Waals surface area contributed by atoms with Gasteiger partial charge in [-0.05, 0) is 149 Å². The van der Waals surface area contributed by atoms with E-state index in [9.17, 15) is 13.2 Å². The summed E-state index contributed by atoms with van der Waals surface area (Å²) < 4.78 is 42.5. The van der Waals surface area contributed by atoms with Gasteiger partial charge in [-0.25, -0.2) is 8.42 Å². The molecule has 7 rings (SSSR count). The maximum Gasteiger partial charge on any atom is 0.254 e. The van der Waals surface area contributed by atoms with Gasteiger partial charge in [0, 0.05) is 74.8 Å². The second kappa shape index (κ2) is 17.8. The Bertz CT molecular complexity index is 2340. The van der Waals surface area contributed by atoms with Gasteiger partial charge in [0.05, 0.1) is 19.1 Å². The SMILES string of the molecule is COc1cccc(CCC(C)(C)N2Cc3cccc(C(=O)N4CCNC(CC(C)(CCc5ccc(OC(C)(C)C)c(OC)c5)N5Cc6ccc(S(C)(=O)=O)cc6C5)C4)c3C2)c1. The molecule has 1 N–H and O–H groups in total. The quantitative estimate of drug-likeness (QED) is 0.127. The number of piperazine rings is 1.